The summed E-state index contributed by atoms with van der Waals surface area (Å²) in [6, 6.07) is 19.8. The number of hydrogen-bond acceptors (Lipinski definition) is 2. The zero-order chi connectivity index (χ0) is 14.2. The molecule has 0 aliphatic heterocycles. The summed E-state index contributed by atoms with van der Waals surface area (Å²) in [6.07, 6.45) is 1.72. The predicted octanol–water partition coefficient (Wildman–Crippen LogP) is 3.35. The molecule has 0 heterocycles. The summed E-state index contributed by atoms with van der Waals surface area (Å²) in [6.45, 7) is 0.0150. The van der Waals surface area contributed by atoms with Crippen molar-refractivity contribution in [1.29, 1.82) is 0 Å². The van der Waals surface area contributed by atoms with Gasteiger partial charge in [-0.25, -0.2) is 0 Å². The molecule has 0 bridgehead atoms. The zero-order valence-corrected chi connectivity index (χ0v) is 11.5. The Bertz CT molecular complexity index is 520. The molecule has 1 unspecified atom stereocenters. The molecule has 0 aliphatic carbocycles. The quantitative estimate of drug-likeness (QED) is 0.836. The molecule has 1 N–H and O–H groups in total. The first kappa shape index (κ1) is 14.5. The van der Waals surface area contributed by atoms with Gasteiger partial charge in [0.2, 0.25) is 0 Å². The minimum Gasteiger partial charge on any atom is -0.396 e. The topological polar surface area (TPSA) is 37.3 Å². The Kier molecular flexibility index (Phi) is 5.51. The van der Waals surface area contributed by atoms with Gasteiger partial charge in [0.15, 0.2) is 0 Å². The largest absolute Gasteiger partial charge is 0.396 e. The monoisotopic (exact) mass is 268 g/mol. The first-order valence-corrected chi connectivity index (χ1v) is 7.01. The van der Waals surface area contributed by atoms with Crippen molar-refractivity contribution < 1.29 is 9.90 Å². The Hall–Kier alpha value is -1.93. The van der Waals surface area contributed by atoms with Gasteiger partial charge >= 0.3 is 0 Å². The Morgan fingerprint density at radius 2 is 1.55 bits per heavy atom. The number of ketones is 1. The molecule has 20 heavy (non-hydrogen) atoms. The molecule has 0 amide bonds. The molecule has 0 radical (unpaired) electrons. The maximum atomic E-state index is 12.0. The third kappa shape index (κ3) is 4.32. The van der Waals surface area contributed by atoms with Crippen LogP contribution in [0.4, 0.5) is 0 Å². The minimum absolute atomic E-state index is 0.0150. The summed E-state index contributed by atoms with van der Waals surface area (Å²) in [5.41, 5.74) is 2.21. The average molecular weight is 268 g/mol. The lowest BCUT2D eigenvalue weighted by molar-refractivity contribution is -0.119. The van der Waals surface area contributed by atoms with Crippen LogP contribution in [0.15, 0.2) is 60.7 Å². The van der Waals surface area contributed by atoms with Crippen LogP contribution >= 0.6 is 0 Å². The third-order valence-electron chi connectivity index (χ3n) is 3.50. The lowest BCUT2D eigenvalue weighted by atomic mass is 9.92. The normalized spacial score (nSPS) is 12.1. The van der Waals surface area contributed by atoms with E-state index in [0.717, 1.165) is 12.0 Å². The number of aryl methyl sites for hydroxylation is 1. The first-order valence-electron chi connectivity index (χ1n) is 7.01. The van der Waals surface area contributed by atoms with E-state index in [2.05, 4.69) is 0 Å². The Morgan fingerprint density at radius 3 is 2.15 bits per heavy atom. The highest BCUT2D eigenvalue weighted by molar-refractivity contribution is 5.79. The van der Waals surface area contributed by atoms with Gasteiger partial charge in [0.25, 0.3) is 0 Å². The van der Waals surface area contributed by atoms with Gasteiger partial charge in [-0.1, -0.05) is 60.7 Å². The van der Waals surface area contributed by atoms with E-state index < -0.39 is 0 Å². The molecule has 104 valence electrons. The Labute approximate surface area is 120 Å². The number of aliphatic hydroxyl groups is 1. The van der Waals surface area contributed by atoms with Crippen molar-refractivity contribution in [1.82, 2.24) is 0 Å². The van der Waals surface area contributed by atoms with E-state index in [0.29, 0.717) is 12.8 Å². The summed E-state index contributed by atoms with van der Waals surface area (Å²) < 4.78 is 0. The van der Waals surface area contributed by atoms with E-state index in [-0.39, 0.29) is 18.3 Å². The van der Waals surface area contributed by atoms with Crippen molar-refractivity contribution in [2.24, 2.45) is 0 Å². The van der Waals surface area contributed by atoms with Crippen LogP contribution in [0.25, 0.3) is 0 Å². The van der Waals surface area contributed by atoms with Crippen LogP contribution in [-0.4, -0.2) is 17.5 Å². The van der Waals surface area contributed by atoms with Crippen LogP contribution in [-0.2, 0) is 11.2 Å². The molecule has 0 aliphatic rings. The molecule has 2 rings (SSSR count). The molecule has 0 saturated heterocycles. The van der Waals surface area contributed by atoms with Crippen molar-refractivity contribution in [2.75, 3.05) is 6.61 Å². The van der Waals surface area contributed by atoms with Crippen molar-refractivity contribution in [3.63, 3.8) is 0 Å². The molecule has 2 aromatic rings. The Morgan fingerprint density at radius 1 is 0.950 bits per heavy atom. The fourth-order valence-corrected chi connectivity index (χ4v) is 2.32. The smallest absolute Gasteiger partial charge is 0.133 e. The summed E-state index contributed by atoms with van der Waals surface area (Å²) >= 11 is 0. The highest BCUT2D eigenvalue weighted by Gasteiger charge is 2.14. The molecule has 2 nitrogen and oxygen atoms in total. The lowest BCUT2D eigenvalue weighted by Gasteiger charge is -2.13. The highest BCUT2D eigenvalue weighted by Crippen LogP contribution is 2.20. The van der Waals surface area contributed by atoms with Gasteiger partial charge in [-0.3, -0.25) is 4.79 Å². The minimum atomic E-state index is -0.0838. The number of aliphatic hydroxyl groups excluding tert-OH is 1. The summed E-state index contributed by atoms with van der Waals surface area (Å²) in [5, 5.41) is 9.46. The number of rotatable bonds is 7. The number of benzene rings is 2. The molecule has 1 atom stereocenters. The second-order valence-corrected chi connectivity index (χ2v) is 5.02. The average Bonchev–Trinajstić information content (AvgIpc) is 2.52. The summed E-state index contributed by atoms with van der Waals surface area (Å²) in [4.78, 5) is 12.0. The summed E-state index contributed by atoms with van der Waals surface area (Å²) in [5.74, 6) is 0.122. The van der Waals surface area contributed by atoms with Gasteiger partial charge in [0.05, 0.1) is 6.61 Å². The van der Waals surface area contributed by atoms with Crippen molar-refractivity contribution in [3.05, 3.63) is 71.8 Å². The van der Waals surface area contributed by atoms with Crippen LogP contribution in [0.2, 0.25) is 0 Å². The second-order valence-electron chi connectivity index (χ2n) is 5.02. The predicted molar refractivity (Wildman–Crippen MR) is 80.7 cm³/mol. The van der Waals surface area contributed by atoms with Crippen LogP contribution in [0.3, 0.4) is 0 Å². The van der Waals surface area contributed by atoms with E-state index in [4.69, 9.17) is 0 Å². The van der Waals surface area contributed by atoms with Crippen molar-refractivity contribution in [3.8, 4) is 0 Å². The number of carbonyl (C=O) groups is 1. The highest BCUT2D eigenvalue weighted by atomic mass is 16.3. The van der Waals surface area contributed by atoms with Crippen LogP contribution in [0.1, 0.15) is 29.9 Å². The molecule has 0 spiro atoms. The fraction of sp³-hybridized carbons (Fsp3) is 0.278. The molecule has 0 saturated carbocycles. The lowest BCUT2D eigenvalue weighted by Crippen LogP contribution is -2.11. The van der Waals surface area contributed by atoms with E-state index in [1.165, 1.54) is 5.56 Å². The first-order chi connectivity index (χ1) is 9.79. The van der Waals surface area contributed by atoms with E-state index in [1.54, 1.807) is 0 Å². The number of carbonyl (C=O) groups excluding carboxylic acids is 1. The molecule has 0 fully saturated rings. The van der Waals surface area contributed by atoms with Crippen molar-refractivity contribution >= 4 is 5.78 Å². The third-order valence-corrected chi connectivity index (χ3v) is 3.50. The second kappa shape index (κ2) is 7.61. The van der Waals surface area contributed by atoms with Crippen molar-refractivity contribution in [2.45, 2.75) is 25.2 Å². The maximum Gasteiger partial charge on any atom is 0.133 e. The van der Waals surface area contributed by atoms with Gasteiger partial charge < -0.3 is 5.11 Å². The molecular formula is C18H20O2. The van der Waals surface area contributed by atoms with Gasteiger partial charge in [-0.05, 0) is 17.5 Å². The summed E-state index contributed by atoms with van der Waals surface area (Å²) in [7, 11) is 0. The maximum absolute atomic E-state index is 12.0. The number of hydrogen-bond donors (Lipinski definition) is 1. The standard InChI is InChI=1S/C18H20O2/c19-14-17(16-9-5-2-6-10-16)13-18(20)12-11-15-7-3-1-4-8-15/h1-10,17,19H,11-14H2. The van der Waals surface area contributed by atoms with E-state index >= 15 is 0 Å². The number of Topliss-reactive ketones (excluding diaryl/α,β-unsaturated/α-hetero) is 1. The van der Waals surface area contributed by atoms with Gasteiger partial charge in [0, 0.05) is 18.8 Å². The van der Waals surface area contributed by atoms with Crippen LogP contribution < -0.4 is 0 Å². The SMILES string of the molecule is O=C(CCc1ccccc1)CC(CO)c1ccccc1. The Balaban J connectivity index is 1.87. The molecule has 2 heteroatoms. The molecule has 2 aromatic carbocycles. The van der Waals surface area contributed by atoms with E-state index in [1.807, 2.05) is 60.7 Å². The van der Waals surface area contributed by atoms with E-state index in [9.17, 15) is 9.90 Å². The van der Waals surface area contributed by atoms with Gasteiger partial charge in [-0.2, -0.15) is 0 Å². The molecule has 0 aromatic heterocycles. The van der Waals surface area contributed by atoms with Crippen LogP contribution in [0, 0.1) is 0 Å². The van der Waals surface area contributed by atoms with Gasteiger partial charge in [-0.15, -0.1) is 0 Å². The zero-order valence-electron chi connectivity index (χ0n) is 11.5. The molecular weight excluding hydrogens is 248 g/mol. The fourth-order valence-electron chi connectivity index (χ4n) is 2.32. The van der Waals surface area contributed by atoms with Gasteiger partial charge in [0.1, 0.15) is 5.78 Å². The van der Waals surface area contributed by atoms with Crippen LogP contribution in [0.5, 0.6) is 0 Å².